The van der Waals surface area contributed by atoms with Gasteiger partial charge in [0.15, 0.2) is 0 Å². The summed E-state index contributed by atoms with van der Waals surface area (Å²) in [5.74, 6) is 0.258. The van der Waals surface area contributed by atoms with Gasteiger partial charge in [0.25, 0.3) is 0 Å². The van der Waals surface area contributed by atoms with Crippen molar-refractivity contribution in [3.05, 3.63) is 12.3 Å². The first-order chi connectivity index (χ1) is 8.61. The van der Waals surface area contributed by atoms with Crippen LogP contribution in [0.25, 0.3) is 0 Å². The van der Waals surface area contributed by atoms with E-state index in [0.717, 1.165) is 0 Å². The second kappa shape index (κ2) is 5.20. The van der Waals surface area contributed by atoms with Gasteiger partial charge in [0.1, 0.15) is 0 Å². The Morgan fingerprint density at radius 3 is 3.00 bits per heavy atom. The van der Waals surface area contributed by atoms with E-state index in [-0.39, 0.29) is 11.8 Å². The van der Waals surface area contributed by atoms with E-state index in [2.05, 4.69) is 9.97 Å². The molecule has 2 rings (SSSR count). The van der Waals surface area contributed by atoms with Gasteiger partial charge in [0.05, 0.1) is 12.5 Å². The van der Waals surface area contributed by atoms with Crippen LogP contribution >= 0.6 is 0 Å². The van der Waals surface area contributed by atoms with E-state index in [1.54, 1.807) is 19.2 Å². The fourth-order valence-electron chi connectivity index (χ4n) is 1.91. The lowest BCUT2D eigenvalue weighted by Gasteiger charge is -2.41. The van der Waals surface area contributed by atoms with E-state index in [9.17, 15) is 4.79 Å². The van der Waals surface area contributed by atoms with Crippen molar-refractivity contribution >= 4 is 11.9 Å². The Labute approximate surface area is 106 Å². The second-order valence-corrected chi connectivity index (χ2v) is 4.42. The molecule has 98 valence electrons. The summed E-state index contributed by atoms with van der Waals surface area (Å²) in [4.78, 5) is 21.2. The van der Waals surface area contributed by atoms with Crippen molar-refractivity contribution in [1.29, 1.82) is 0 Å². The van der Waals surface area contributed by atoms with E-state index in [0.29, 0.717) is 31.5 Å². The lowest BCUT2D eigenvalue weighted by atomic mass is 9.87. The minimum absolute atomic E-state index is 0.168. The third kappa shape index (κ3) is 2.52. The van der Waals surface area contributed by atoms with Crippen molar-refractivity contribution in [2.24, 2.45) is 11.8 Å². The van der Waals surface area contributed by atoms with E-state index < -0.39 is 5.97 Å². The van der Waals surface area contributed by atoms with Gasteiger partial charge in [-0.15, -0.1) is 0 Å². The molecule has 1 aliphatic rings. The van der Waals surface area contributed by atoms with Gasteiger partial charge in [-0.1, -0.05) is 6.92 Å². The largest absolute Gasteiger partial charge is 0.481 e. The molecule has 0 aliphatic carbocycles. The molecule has 1 aliphatic heterocycles. The van der Waals surface area contributed by atoms with Gasteiger partial charge in [-0.2, -0.15) is 4.98 Å². The quantitative estimate of drug-likeness (QED) is 0.842. The lowest BCUT2D eigenvalue weighted by molar-refractivity contribution is -0.143. The number of rotatable bonds is 5. The van der Waals surface area contributed by atoms with E-state index in [1.807, 2.05) is 11.8 Å². The average Bonchev–Trinajstić information content (AvgIpc) is 2.27. The van der Waals surface area contributed by atoms with Crippen molar-refractivity contribution in [2.45, 2.75) is 13.8 Å². The van der Waals surface area contributed by atoms with Gasteiger partial charge in [-0.3, -0.25) is 4.79 Å². The van der Waals surface area contributed by atoms with Crippen LogP contribution in [0.2, 0.25) is 0 Å². The Morgan fingerprint density at radius 2 is 2.39 bits per heavy atom. The molecular formula is C12H17N3O3. The monoisotopic (exact) mass is 251 g/mol. The number of hydrogen-bond acceptors (Lipinski definition) is 5. The molecule has 1 aromatic heterocycles. The Balaban J connectivity index is 1.95. The molecule has 2 heterocycles. The zero-order valence-corrected chi connectivity index (χ0v) is 10.5. The molecule has 1 unspecified atom stereocenters. The molecule has 0 radical (unpaired) electrons. The molecule has 0 bridgehead atoms. The fraction of sp³-hybridized carbons (Fsp3) is 0.583. The summed E-state index contributed by atoms with van der Waals surface area (Å²) in [6.07, 6.45) is 1.65. The minimum Gasteiger partial charge on any atom is -0.481 e. The summed E-state index contributed by atoms with van der Waals surface area (Å²) in [6.45, 7) is 5.57. The number of carboxylic acids is 1. The van der Waals surface area contributed by atoms with Crippen molar-refractivity contribution in [3.63, 3.8) is 0 Å². The predicted molar refractivity (Wildman–Crippen MR) is 65.7 cm³/mol. The normalized spacial score (nSPS) is 17.1. The summed E-state index contributed by atoms with van der Waals surface area (Å²) in [5.41, 5.74) is 0. The molecule has 0 spiro atoms. The molecule has 1 fully saturated rings. The Bertz CT molecular complexity index is 432. The number of carboxylic acid groups (broad SMARTS) is 1. The van der Waals surface area contributed by atoms with Crippen LogP contribution in [-0.4, -0.2) is 40.7 Å². The zero-order chi connectivity index (χ0) is 13.1. The highest BCUT2D eigenvalue weighted by atomic mass is 16.5. The number of hydrogen-bond donors (Lipinski definition) is 1. The van der Waals surface area contributed by atoms with Crippen LogP contribution in [0.1, 0.15) is 13.8 Å². The number of carbonyl (C=O) groups is 1. The SMILES string of the molecule is CCOc1ccnc(N2CC(C(C)C(=O)O)C2)n1. The average molecular weight is 251 g/mol. The molecular weight excluding hydrogens is 234 g/mol. The molecule has 1 N–H and O–H groups in total. The highest BCUT2D eigenvalue weighted by Crippen LogP contribution is 2.27. The molecule has 0 amide bonds. The van der Waals surface area contributed by atoms with Crippen LogP contribution in [0.15, 0.2) is 12.3 Å². The van der Waals surface area contributed by atoms with Gasteiger partial charge in [-0.25, -0.2) is 4.98 Å². The summed E-state index contributed by atoms with van der Waals surface area (Å²) < 4.78 is 5.31. The third-order valence-corrected chi connectivity index (χ3v) is 3.20. The number of nitrogens with zero attached hydrogens (tertiary/aromatic N) is 3. The molecule has 1 atom stereocenters. The molecule has 0 saturated carbocycles. The Morgan fingerprint density at radius 1 is 1.67 bits per heavy atom. The van der Waals surface area contributed by atoms with Gasteiger partial charge < -0.3 is 14.7 Å². The van der Waals surface area contributed by atoms with Gasteiger partial charge in [0.2, 0.25) is 11.8 Å². The van der Waals surface area contributed by atoms with E-state index >= 15 is 0 Å². The predicted octanol–water partition coefficient (Wildman–Crippen LogP) is 1.03. The van der Waals surface area contributed by atoms with Crippen LogP contribution in [0.4, 0.5) is 5.95 Å². The maximum absolute atomic E-state index is 10.8. The number of ether oxygens (including phenoxy) is 1. The van der Waals surface area contributed by atoms with Crippen LogP contribution < -0.4 is 9.64 Å². The third-order valence-electron chi connectivity index (χ3n) is 3.20. The summed E-state index contributed by atoms with van der Waals surface area (Å²) in [5, 5.41) is 8.92. The zero-order valence-electron chi connectivity index (χ0n) is 10.5. The summed E-state index contributed by atoms with van der Waals surface area (Å²) in [6, 6.07) is 1.71. The lowest BCUT2D eigenvalue weighted by Crippen LogP contribution is -2.51. The molecule has 0 aromatic carbocycles. The van der Waals surface area contributed by atoms with Gasteiger partial charge >= 0.3 is 5.97 Å². The van der Waals surface area contributed by atoms with Crippen LogP contribution in [0.3, 0.4) is 0 Å². The maximum atomic E-state index is 10.8. The number of anilines is 1. The van der Waals surface area contributed by atoms with Crippen molar-refractivity contribution in [2.75, 3.05) is 24.6 Å². The number of aliphatic carboxylic acids is 1. The minimum atomic E-state index is -0.747. The van der Waals surface area contributed by atoms with Crippen LogP contribution in [-0.2, 0) is 4.79 Å². The summed E-state index contributed by atoms with van der Waals surface area (Å²) in [7, 11) is 0. The number of aromatic nitrogens is 2. The van der Waals surface area contributed by atoms with Gasteiger partial charge in [-0.05, 0) is 6.92 Å². The molecule has 1 aromatic rings. The first-order valence-corrected chi connectivity index (χ1v) is 6.05. The molecule has 6 heteroatoms. The standard InChI is InChI=1S/C12H17N3O3/c1-3-18-10-4-5-13-12(14-10)15-6-9(7-15)8(2)11(16)17/h4-5,8-9H,3,6-7H2,1-2H3,(H,16,17). The van der Waals surface area contributed by atoms with Crippen LogP contribution in [0, 0.1) is 11.8 Å². The van der Waals surface area contributed by atoms with Gasteiger partial charge in [0, 0.05) is 31.3 Å². The molecule has 1 saturated heterocycles. The second-order valence-electron chi connectivity index (χ2n) is 4.42. The smallest absolute Gasteiger partial charge is 0.306 e. The molecule has 6 nitrogen and oxygen atoms in total. The first-order valence-electron chi connectivity index (χ1n) is 6.05. The van der Waals surface area contributed by atoms with Crippen molar-refractivity contribution < 1.29 is 14.6 Å². The summed E-state index contributed by atoms with van der Waals surface area (Å²) >= 11 is 0. The fourth-order valence-corrected chi connectivity index (χ4v) is 1.91. The topological polar surface area (TPSA) is 75.5 Å². The highest BCUT2D eigenvalue weighted by Gasteiger charge is 2.35. The van der Waals surface area contributed by atoms with Crippen LogP contribution in [0.5, 0.6) is 5.88 Å². The Kier molecular flexibility index (Phi) is 3.64. The van der Waals surface area contributed by atoms with E-state index in [1.165, 1.54) is 0 Å². The maximum Gasteiger partial charge on any atom is 0.306 e. The van der Waals surface area contributed by atoms with Crippen molar-refractivity contribution in [3.8, 4) is 5.88 Å². The van der Waals surface area contributed by atoms with Crippen molar-refractivity contribution in [1.82, 2.24) is 9.97 Å². The first kappa shape index (κ1) is 12.6. The Hall–Kier alpha value is -1.85. The highest BCUT2D eigenvalue weighted by molar-refractivity contribution is 5.70. The molecule has 18 heavy (non-hydrogen) atoms. The van der Waals surface area contributed by atoms with E-state index in [4.69, 9.17) is 9.84 Å².